The number of allylic oxidation sites excluding steroid dienone is 1. The number of hydrogen-bond donors (Lipinski definition) is 1. The van der Waals surface area contributed by atoms with Crippen LogP contribution in [0.3, 0.4) is 0 Å². The van der Waals surface area contributed by atoms with Gasteiger partial charge in [0, 0.05) is 28.4 Å². The van der Waals surface area contributed by atoms with Gasteiger partial charge in [-0.25, -0.2) is 0 Å². The third-order valence-corrected chi connectivity index (χ3v) is 10.9. The zero-order valence-corrected chi connectivity index (χ0v) is 30.8. The molecule has 3 nitrogen and oxygen atoms in total. The largest absolute Gasteiger partial charge is 0.484 e. The van der Waals surface area contributed by atoms with Gasteiger partial charge in [-0.15, -0.1) is 0 Å². The van der Waals surface area contributed by atoms with Gasteiger partial charge in [0.25, 0.3) is 0 Å². The van der Waals surface area contributed by atoms with Crippen molar-refractivity contribution in [3.05, 3.63) is 216 Å². The quantitative estimate of drug-likeness (QED) is 0.152. The second kappa shape index (κ2) is 14.9. The van der Waals surface area contributed by atoms with E-state index in [-0.39, 0.29) is 12.0 Å². The van der Waals surface area contributed by atoms with Crippen molar-refractivity contribution in [3.63, 3.8) is 0 Å². The summed E-state index contributed by atoms with van der Waals surface area (Å²) in [7, 11) is 0. The molecule has 0 bridgehead atoms. The second-order valence-electron chi connectivity index (χ2n) is 14.3. The van der Waals surface area contributed by atoms with Crippen LogP contribution in [-0.2, 0) is 0 Å². The number of anilines is 4. The minimum Gasteiger partial charge on any atom is -0.484 e. The van der Waals surface area contributed by atoms with Crippen molar-refractivity contribution in [3.8, 4) is 28.0 Å². The van der Waals surface area contributed by atoms with Gasteiger partial charge < -0.3 is 15.4 Å². The van der Waals surface area contributed by atoms with Crippen LogP contribution in [0.15, 0.2) is 194 Å². The first-order chi connectivity index (χ1) is 27.1. The molecule has 0 saturated heterocycles. The lowest BCUT2D eigenvalue weighted by Crippen LogP contribution is -2.15. The zero-order chi connectivity index (χ0) is 37.1. The van der Waals surface area contributed by atoms with Crippen molar-refractivity contribution in [1.29, 1.82) is 0 Å². The van der Waals surface area contributed by atoms with Crippen LogP contribution in [0, 0.1) is 0 Å². The first-order valence-corrected chi connectivity index (χ1v) is 19.0. The number of nitrogen functional groups attached to an aromatic ring is 1. The van der Waals surface area contributed by atoms with Crippen LogP contribution in [0.5, 0.6) is 5.75 Å². The fourth-order valence-corrected chi connectivity index (χ4v) is 7.99. The Hall–Kier alpha value is -6.84. The number of nitrogens with two attached hydrogens (primary N) is 1. The molecule has 9 rings (SSSR count). The molecular weight excluding hydrogens is 669 g/mol. The molecule has 2 atom stereocenters. The van der Waals surface area contributed by atoms with Gasteiger partial charge in [-0.2, -0.15) is 0 Å². The minimum atomic E-state index is -0.133. The molecule has 0 heterocycles. The Morgan fingerprint density at radius 3 is 1.93 bits per heavy atom. The Balaban J connectivity index is 1.20. The van der Waals surface area contributed by atoms with Gasteiger partial charge in [0.2, 0.25) is 0 Å². The lowest BCUT2D eigenvalue weighted by molar-refractivity contribution is 0.228. The van der Waals surface area contributed by atoms with Crippen LogP contribution in [-0.4, -0.2) is 0 Å². The number of rotatable bonds is 9. The molecule has 3 heteroatoms. The van der Waals surface area contributed by atoms with E-state index in [4.69, 9.17) is 10.5 Å². The summed E-state index contributed by atoms with van der Waals surface area (Å²) in [4.78, 5) is 2.41. The fraction of sp³-hybridized carbons (Fsp3) is 0.0769. The predicted octanol–water partition coefficient (Wildman–Crippen LogP) is 13.9. The molecule has 0 spiro atoms. The maximum Gasteiger partial charge on any atom is 0.143 e. The van der Waals surface area contributed by atoms with Gasteiger partial charge in [-0.3, -0.25) is 0 Å². The fourth-order valence-electron chi connectivity index (χ4n) is 7.99. The summed E-state index contributed by atoms with van der Waals surface area (Å²) in [5, 5.41) is 2.01. The predicted molar refractivity (Wildman–Crippen MR) is 231 cm³/mol. The van der Waals surface area contributed by atoms with E-state index in [0.717, 1.165) is 39.8 Å². The van der Waals surface area contributed by atoms with Crippen molar-refractivity contribution in [2.24, 2.45) is 0 Å². The van der Waals surface area contributed by atoms with Gasteiger partial charge in [-0.05, 0) is 106 Å². The molecule has 0 saturated carbocycles. The molecule has 266 valence electrons. The molecule has 1 aliphatic rings. The highest BCUT2D eigenvalue weighted by Gasteiger charge is 2.26. The van der Waals surface area contributed by atoms with E-state index >= 15 is 0 Å². The van der Waals surface area contributed by atoms with E-state index in [1.807, 2.05) is 24.3 Å². The molecule has 2 N–H and O–H groups in total. The van der Waals surface area contributed by atoms with Crippen LogP contribution in [0.2, 0.25) is 0 Å². The van der Waals surface area contributed by atoms with Crippen molar-refractivity contribution in [1.82, 2.24) is 0 Å². The first-order valence-electron chi connectivity index (χ1n) is 19.0. The summed E-state index contributed by atoms with van der Waals surface area (Å²) in [6.07, 6.45) is 5.37. The molecule has 55 heavy (non-hydrogen) atoms. The molecule has 0 amide bonds. The standard InChI is InChI=1S/C52H42N2O/c1-36(37-14-5-2-6-15-37)55-51-33-27-43-34-45(30-31-47(43)52(51)53)54(44-28-24-40(25-29-44)38-16-7-3-8-17-38)50-32-26-42(39-18-9-4-10-19-39)35-49(50)48-23-13-21-41-20-11-12-22-46(41)48/h2-22,24-36,48H,23,53H2,1H3. The Morgan fingerprint density at radius 2 is 1.18 bits per heavy atom. The molecule has 0 radical (unpaired) electrons. The van der Waals surface area contributed by atoms with Crippen molar-refractivity contribution in [2.75, 3.05) is 10.6 Å². The maximum atomic E-state index is 6.86. The second-order valence-corrected chi connectivity index (χ2v) is 14.3. The van der Waals surface area contributed by atoms with Crippen molar-refractivity contribution < 1.29 is 4.74 Å². The number of ether oxygens (including phenoxy) is 1. The number of nitrogens with zero attached hydrogens (tertiary/aromatic N) is 1. The molecule has 0 aliphatic heterocycles. The lowest BCUT2D eigenvalue weighted by Gasteiger charge is -2.32. The number of fused-ring (bicyclic) bond motifs is 2. The maximum absolute atomic E-state index is 6.86. The van der Waals surface area contributed by atoms with Gasteiger partial charge in [0.1, 0.15) is 11.9 Å². The summed E-state index contributed by atoms with van der Waals surface area (Å²) in [6, 6.07) is 67.0. The van der Waals surface area contributed by atoms with Crippen molar-refractivity contribution >= 4 is 39.6 Å². The zero-order valence-electron chi connectivity index (χ0n) is 30.8. The van der Waals surface area contributed by atoms with E-state index in [1.54, 1.807) is 0 Å². The average molecular weight is 711 g/mol. The molecule has 0 aromatic heterocycles. The monoisotopic (exact) mass is 710 g/mol. The van der Waals surface area contributed by atoms with Crippen LogP contribution in [0.4, 0.5) is 22.7 Å². The van der Waals surface area contributed by atoms with E-state index < -0.39 is 0 Å². The van der Waals surface area contributed by atoms with Crippen molar-refractivity contribution in [2.45, 2.75) is 25.4 Å². The molecule has 8 aromatic carbocycles. The Labute approximate surface area is 323 Å². The molecule has 1 aliphatic carbocycles. The normalized spacial score (nSPS) is 13.9. The molecule has 2 unspecified atom stereocenters. The highest BCUT2D eigenvalue weighted by atomic mass is 16.5. The Morgan fingerprint density at radius 1 is 0.564 bits per heavy atom. The molecule has 8 aromatic rings. The SMILES string of the molecule is CC(Oc1ccc2cc(N(c3ccc(-c4ccccc4)cc3)c3ccc(-c4ccccc4)cc3C3CC=Cc4ccccc43)ccc2c1N)c1ccccc1. The van der Waals surface area contributed by atoms with Gasteiger partial charge in [0.15, 0.2) is 0 Å². The van der Waals surface area contributed by atoms with Gasteiger partial charge >= 0.3 is 0 Å². The van der Waals surface area contributed by atoms with Crippen LogP contribution in [0.1, 0.15) is 47.6 Å². The Bertz CT molecular complexity index is 2610. The highest BCUT2D eigenvalue weighted by Crippen LogP contribution is 2.47. The van der Waals surface area contributed by atoms with Crippen LogP contribution >= 0.6 is 0 Å². The summed E-state index contributed by atoms with van der Waals surface area (Å²) in [6.45, 7) is 2.06. The summed E-state index contributed by atoms with van der Waals surface area (Å²) in [5.41, 5.74) is 20.6. The average Bonchev–Trinajstić information content (AvgIpc) is 3.26. The Kier molecular flexibility index (Phi) is 9.19. The first kappa shape index (κ1) is 34.0. The van der Waals surface area contributed by atoms with E-state index in [1.165, 1.54) is 38.9 Å². The van der Waals surface area contributed by atoms with Crippen LogP contribution in [0.25, 0.3) is 39.1 Å². The van der Waals surface area contributed by atoms with Gasteiger partial charge in [-0.1, -0.05) is 158 Å². The lowest BCUT2D eigenvalue weighted by atomic mass is 9.80. The smallest absolute Gasteiger partial charge is 0.143 e. The van der Waals surface area contributed by atoms with Crippen LogP contribution < -0.4 is 15.4 Å². The highest BCUT2D eigenvalue weighted by molar-refractivity contribution is 5.99. The molecule has 0 fully saturated rings. The summed E-state index contributed by atoms with van der Waals surface area (Å²) >= 11 is 0. The van der Waals surface area contributed by atoms with E-state index in [0.29, 0.717) is 11.4 Å². The summed E-state index contributed by atoms with van der Waals surface area (Å²) < 4.78 is 6.42. The molecular formula is C52H42N2O. The summed E-state index contributed by atoms with van der Waals surface area (Å²) in [5.74, 6) is 0.862. The van der Waals surface area contributed by atoms with E-state index in [9.17, 15) is 0 Å². The third kappa shape index (κ3) is 6.77. The van der Waals surface area contributed by atoms with Gasteiger partial charge in [0.05, 0.1) is 5.69 Å². The van der Waals surface area contributed by atoms with E-state index in [2.05, 4.69) is 188 Å². The number of benzene rings is 8. The third-order valence-electron chi connectivity index (χ3n) is 10.9. The minimum absolute atomic E-state index is 0.133. The topological polar surface area (TPSA) is 38.5 Å². The number of hydrogen-bond acceptors (Lipinski definition) is 3.